The highest BCUT2D eigenvalue weighted by molar-refractivity contribution is 5.74. The molecule has 4 heteroatoms. The molecule has 1 aliphatic carbocycles. The Bertz CT molecular complexity index is 180. The summed E-state index contributed by atoms with van der Waals surface area (Å²) in [4.78, 5) is 10.9. The second-order valence-electron chi connectivity index (χ2n) is 3.76. The zero-order valence-electron chi connectivity index (χ0n) is 8.03. The number of methoxy groups -OCH3 is 1. The molecule has 76 valence electrons. The van der Waals surface area contributed by atoms with E-state index in [-0.39, 0.29) is 6.04 Å². The number of aliphatic hydroxyl groups is 1. The van der Waals surface area contributed by atoms with Crippen molar-refractivity contribution < 1.29 is 20.4 Å². The largest absolute Gasteiger partial charge is 0.467 e. The summed E-state index contributed by atoms with van der Waals surface area (Å²) in [7, 11) is 1.28. The lowest BCUT2D eigenvalue weighted by Crippen LogP contribution is -2.68. The predicted molar refractivity (Wildman–Crippen MR) is 46.7 cm³/mol. The zero-order chi connectivity index (χ0) is 9.84. The Balaban J connectivity index is 2.27. The van der Waals surface area contributed by atoms with Crippen LogP contribution in [0.15, 0.2) is 0 Å². The number of aliphatic hydroxyl groups excluding tert-OH is 1. The third-order valence-corrected chi connectivity index (χ3v) is 2.75. The molecule has 1 rings (SSSR count). The molecule has 0 spiro atoms. The standard InChI is InChI=1S/C9H17NO3/c1-13-9(12)8(11)7(10)5-6-3-2-4-6/h6-8,11H,2-5,10H2,1H3/p+1. The van der Waals surface area contributed by atoms with E-state index in [0.29, 0.717) is 5.92 Å². The van der Waals surface area contributed by atoms with Gasteiger partial charge in [0, 0.05) is 6.42 Å². The molecule has 0 radical (unpaired) electrons. The number of hydrogen-bond donors (Lipinski definition) is 2. The van der Waals surface area contributed by atoms with Crippen molar-refractivity contribution in [3.63, 3.8) is 0 Å². The van der Waals surface area contributed by atoms with Gasteiger partial charge in [0.15, 0.2) is 0 Å². The molecular weight excluding hydrogens is 170 g/mol. The molecule has 0 aromatic rings. The fourth-order valence-corrected chi connectivity index (χ4v) is 1.60. The maximum absolute atomic E-state index is 10.9. The molecule has 1 aliphatic rings. The summed E-state index contributed by atoms with van der Waals surface area (Å²) in [5, 5.41) is 9.42. The predicted octanol–water partition coefficient (Wildman–Crippen LogP) is -0.679. The Morgan fingerprint density at radius 3 is 2.69 bits per heavy atom. The molecule has 0 bridgehead atoms. The highest BCUT2D eigenvalue weighted by atomic mass is 16.5. The van der Waals surface area contributed by atoms with E-state index < -0.39 is 12.1 Å². The van der Waals surface area contributed by atoms with Gasteiger partial charge >= 0.3 is 5.97 Å². The molecule has 0 heterocycles. The van der Waals surface area contributed by atoms with Gasteiger partial charge in [-0.15, -0.1) is 0 Å². The number of carbonyl (C=O) groups is 1. The van der Waals surface area contributed by atoms with Gasteiger partial charge in [0.2, 0.25) is 6.10 Å². The lowest BCUT2D eigenvalue weighted by molar-refractivity contribution is -0.438. The molecule has 1 fully saturated rings. The maximum Gasteiger partial charge on any atom is 0.341 e. The molecular formula is C9H18NO3+. The first-order valence-electron chi connectivity index (χ1n) is 4.74. The number of quaternary nitrogens is 1. The smallest absolute Gasteiger partial charge is 0.341 e. The van der Waals surface area contributed by atoms with Crippen molar-refractivity contribution in [1.29, 1.82) is 0 Å². The molecule has 0 aromatic heterocycles. The van der Waals surface area contributed by atoms with Crippen molar-refractivity contribution in [2.45, 2.75) is 37.8 Å². The van der Waals surface area contributed by atoms with Crippen LogP contribution in [0.25, 0.3) is 0 Å². The SMILES string of the molecule is COC(=O)C(O)C([NH3+])CC1CCC1. The summed E-state index contributed by atoms with van der Waals surface area (Å²) in [6.07, 6.45) is 3.47. The summed E-state index contributed by atoms with van der Waals surface area (Å²) in [5.74, 6) is 0.0844. The number of esters is 1. The van der Waals surface area contributed by atoms with Gasteiger partial charge in [0.25, 0.3) is 0 Å². The Labute approximate surface area is 78.1 Å². The molecule has 13 heavy (non-hydrogen) atoms. The molecule has 1 saturated carbocycles. The fourth-order valence-electron chi connectivity index (χ4n) is 1.60. The van der Waals surface area contributed by atoms with Gasteiger partial charge in [0.1, 0.15) is 6.04 Å². The minimum Gasteiger partial charge on any atom is -0.467 e. The average molecular weight is 188 g/mol. The summed E-state index contributed by atoms with van der Waals surface area (Å²) in [6.45, 7) is 0. The number of hydrogen-bond acceptors (Lipinski definition) is 3. The van der Waals surface area contributed by atoms with E-state index in [9.17, 15) is 9.90 Å². The number of carbonyl (C=O) groups excluding carboxylic acids is 1. The normalized spacial score (nSPS) is 21.8. The van der Waals surface area contributed by atoms with Crippen LogP contribution in [0.5, 0.6) is 0 Å². The monoisotopic (exact) mass is 188 g/mol. The van der Waals surface area contributed by atoms with E-state index in [1.165, 1.54) is 26.4 Å². The Morgan fingerprint density at radius 1 is 1.69 bits per heavy atom. The first kappa shape index (κ1) is 10.5. The van der Waals surface area contributed by atoms with Crippen LogP contribution in [0.4, 0.5) is 0 Å². The van der Waals surface area contributed by atoms with E-state index in [4.69, 9.17) is 0 Å². The highest BCUT2D eigenvalue weighted by Gasteiger charge is 2.31. The molecule has 2 unspecified atom stereocenters. The average Bonchev–Trinajstić information content (AvgIpc) is 2.08. The summed E-state index contributed by atoms with van der Waals surface area (Å²) in [6, 6.07) is -0.224. The van der Waals surface area contributed by atoms with Crippen LogP contribution < -0.4 is 5.73 Å². The summed E-state index contributed by atoms with van der Waals surface area (Å²) >= 11 is 0. The zero-order valence-corrected chi connectivity index (χ0v) is 8.03. The van der Waals surface area contributed by atoms with Crippen LogP contribution in [-0.4, -0.2) is 30.3 Å². The number of ether oxygens (including phenoxy) is 1. The van der Waals surface area contributed by atoms with Crippen molar-refractivity contribution in [2.24, 2.45) is 5.92 Å². The van der Waals surface area contributed by atoms with Crippen molar-refractivity contribution in [3.05, 3.63) is 0 Å². The van der Waals surface area contributed by atoms with E-state index in [1.54, 1.807) is 0 Å². The van der Waals surface area contributed by atoms with Crippen LogP contribution >= 0.6 is 0 Å². The minimum absolute atomic E-state index is 0.224. The van der Waals surface area contributed by atoms with E-state index in [1.807, 2.05) is 0 Å². The second-order valence-corrected chi connectivity index (χ2v) is 3.76. The molecule has 2 atom stereocenters. The van der Waals surface area contributed by atoms with Gasteiger partial charge in [0.05, 0.1) is 7.11 Å². The molecule has 4 nitrogen and oxygen atoms in total. The van der Waals surface area contributed by atoms with E-state index in [2.05, 4.69) is 10.5 Å². The first-order valence-corrected chi connectivity index (χ1v) is 4.74. The molecule has 0 aliphatic heterocycles. The van der Waals surface area contributed by atoms with E-state index in [0.717, 1.165) is 6.42 Å². The second kappa shape index (κ2) is 4.58. The Hall–Kier alpha value is -0.610. The third-order valence-electron chi connectivity index (χ3n) is 2.75. The highest BCUT2D eigenvalue weighted by Crippen LogP contribution is 2.30. The molecule has 0 saturated heterocycles. The minimum atomic E-state index is -1.05. The van der Waals surface area contributed by atoms with Gasteiger partial charge in [-0.25, -0.2) is 4.79 Å². The Morgan fingerprint density at radius 2 is 2.31 bits per heavy atom. The maximum atomic E-state index is 10.9. The van der Waals surface area contributed by atoms with Crippen molar-refractivity contribution in [3.8, 4) is 0 Å². The lowest BCUT2D eigenvalue weighted by Gasteiger charge is -2.27. The molecule has 0 amide bonds. The van der Waals surface area contributed by atoms with Crippen LogP contribution in [0.2, 0.25) is 0 Å². The lowest BCUT2D eigenvalue weighted by atomic mass is 9.80. The van der Waals surface area contributed by atoms with Gasteiger partial charge < -0.3 is 15.6 Å². The van der Waals surface area contributed by atoms with E-state index >= 15 is 0 Å². The van der Waals surface area contributed by atoms with Crippen molar-refractivity contribution in [2.75, 3.05) is 7.11 Å². The molecule has 0 aromatic carbocycles. The van der Waals surface area contributed by atoms with Crippen LogP contribution in [-0.2, 0) is 9.53 Å². The molecule has 4 N–H and O–H groups in total. The van der Waals surface area contributed by atoms with Crippen LogP contribution in [0.3, 0.4) is 0 Å². The third kappa shape index (κ3) is 2.67. The van der Waals surface area contributed by atoms with Crippen molar-refractivity contribution in [1.82, 2.24) is 0 Å². The quantitative estimate of drug-likeness (QED) is 0.574. The first-order chi connectivity index (χ1) is 6.15. The fraction of sp³-hybridized carbons (Fsp3) is 0.889. The van der Waals surface area contributed by atoms with Crippen LogP contribution in [0, 0.1) is 5.92 Å². The summed E-state index contributed by atoms with van der Waals surface area (Å²) < 4.78 is 4.44. The van der Waals surface area contributed by atoms with Crippen molar-refractivity contribution >= 4 is 5.97 Å². The van der Waals surface area contributed by atoms with Gasteiger partial charge in [-0.3, -0.25) is 0 Å². The number of rotatable bonds is 4. The van der Waals surface area contributed by atoms with Crippen LogP contribution in [0.1, 0.15) is 25.7 Å². The Kier molecular flexibility index (Phi) is 3.69. The summed E-state index contributed by atoms with van der Waals surface area (Å²) in [5.41, 5.74) is 3.78. The topological polar surface area (TPSA) is 74.2 Å². The van der Waals surface area contributed by atoms with Gasteiger partial charge in [-0.05, 0) is 5.92 Å². The van der Waals surface area contributed by atoms with Gasteiger partial charge in [-0.2, -0.15) is 0 Å². The van der Waals surface area contributed by atoms with Gasteiger partial charge in [-0.1, -0.05) is 19.3 Å².